The van der Waals surface area contributed by atoms with Crippen molar-refractivity contribution in [2.24, 2.45) is 5.73 Å². The van der Waals surface area contributed by atoms with Crippen LogP contribution in [0.25, 0.3) is 0 Å². The van der Waals surface area contributed by atoms with Crippen molar-refractivity contribution in [2.45, 2.75) is 29.7 Å². The molecule has 1 heterocycles. The summed E-state index contributed by atoms with van der Waals surface area (Å²) in [5.74, 6) is -0.185. The van der Waals surface area contributed by atoms with Gasteiger partial charge in [0.05, 0.1) is 5.02 Å². The Morgan fingerprint density at radius 2 is 1.95 bits per heavy atom. The lowest BCUT2D eigenvalue weighted by Crippen LogP contribution is -2.19. The number of carbonyl (C=O) groups is 1. The topological polar surface area (TPSA) is 55.1 Å². The normalized spacial score (nSPS) is 16.8. The van der Waals surface area contributed by atoms with Crippen LogP contribution in [-0.2, 0) is 4.79 Å². The SMILES string of the molecule is Cc1ccc(Sc2cc3c(cc2Cl)C(N)C(=O)N3)c(C)c1. The van der Waals surface area contributed by atoms with Crippen LogP contribution in [0, 0.1) is 13.8 Å². The van der Waals surface area contributed by atoms with E-state index in [0.29, 0.717) is 5.02 Å². The molecule has 1 amide bonds. The molecule has 1 aliphatic heterocycles. The van der Waals surface area contributed by atoms with E-state index in [0.717, 1.165) is 21.0 Å². The first-order valence-electron chi connectivity index (χ1n) is 6.60. The molecule has 0 fully saturated rings. The Hall–Kier alpha value is -1.49. The van der Waals surface area contributed by atoms with Gasteiger partial charge in [-0.25, -0.2) is 0 Å². The highest BCUT2D eigenvalue weighted by Gasteiger charge is 2.28. The number of halogens is 1. The number of rotatable bonds is 2. The zero-order valence-electron chi connectivity index (χ0n) is 11.7. The van der Waals surface area contributed by atoms with Crippen molar-refractivity contribution in [1.29, 1.82) is 0 Å². The summed E-state index contributed by atoms with van der Waals surface area (Å²) in [6.07, 6.45) is 0. The van der Waals surface area contributed by atoms with E-state index in [1.54, 1.807) is 17.8 Å². The highest BCUT2D eigenvalue weighted by atomic mass is 35.5. The fourth-order valence-electron chi connectivity index (χ4n) is 2.40. The van der Waals surface area contributed by atoms with Gasteiger partial charge in [0, 0.05) is 21.0 Å². The number of fused-ring (bicyclic) bond motifs is 1. The van der Waals surface area contributed by atoms with E-state index in [-0.39, 0.29) is 5.91 Å². The third-order valence-corrected chi connectivity index (χ3v) is 5.19. The summed E-state index contributed by atoms with van der Waals surface area (Å²) in [5.41, 5.74) is 9.78. The first-order valence-corrected chi connectivity index (χ1v) is 7.80. The summed E-state index contributed by atoms with van der Waals surface area (Å²) in [7, 11) is 0. The summed E-state index contributed by atoms with van der Waals surface area (Å²) in [6, 6.07) is 9.36. The second kappa shape index (κ2) is 5.37. The molecule has 2 aromatic carbocycles. The molecule has 0 saturated carbocycles. The average Bonchev–Trinajstić information content (AvgIpc) is 2.69. The Labute approximate surface area is 132 Å². The molecule has 21 heavy (non-hydrogen) atoms. The number of nitrogens with two attached hydrogens (primary N) is 1. The Bertz CT molecular complexity index is 745. The minimum Gasteiger partial charge on any atom is -0.324 e. The molecule has 3 nitrogen and oxygen atoms in total. The summed E-state index contributed by atoms with van der Waals surface area (Å²) in [4.78, 5) is 13.7. The van der Waals surface area contributed by atoms with Crippen LogP contribution in [0.5, 0.6) is 0 Å². The van der Waals surface area contributed by atoms with E-state index in [2.05, 4.69) is 37.4 Å². The predicted molar refractivity (Wildman–Crippen MR) is 87.0 cm³/mol. The van der Waals surface area contributed by atoms with E-state index in [1.807, 2.05) is 6.07 Å². The molecule has 0 radical (unpaired) electrons. The fourth-order valence-corrected chi connectivity index (χ4v) is 3.61. The van der Waals surface area contributed by atoms with Gasteiger partial charge in [-0.2, -0.15) is 0 Å². The maximum Gasteiger partial charge on any atom is 0.245 e. The molecular weight excluding hydrogens is 304 g/mol. The van der Waals surface area contributed by atoms with Gasteiger partial charge < -0.3 is 11.1 Å². The highest BCUT2D eigenvalue weighted by Crippen LogP contribution is 2.41. The third-order valence-electron chi connectivity index (χ3n) is 3.53. The number of amides is 1. The van der Waals surface area contributed by atoms with Gasteiger partial charge in [0.1, 0.15) is 6.04 Å². The molecule has 3 rings (SSSR count). The lowest BCUT2D eigenvalue weighted by molar-refractivity contribution is -0.116. The smallest absolute Gasteiger partial charge is 0.245 e. The van der Waals surface area contributed by atoms with Crippen LogP contribution < -0.4 is 11.1 Å². The van der Waals surface area contributed by atoms with Crippen LogP contribution in [0.1, 0.15) is 22.7 Å². The maximum atomic E-state index is 11.6. The van der Waals surface area contributed by atoms with Crippen molar-refractivity contribution in [3.8, 4) is 0 Å². The zero-order valence-corrected chi connectivity index (χ0v) is 13.3. The van der Waals surface area contributed by atoms with Crippen molar-refractivity contribution < 1.29 is 4.79 Å². The molecule has 0 bridgehead atoms. The van der Waals surface area contributed by atoms with Crippen molar-refractivity contribution in [2.75, 3.05) is 5.32 Å². The molecule has 1 aliphatic rings. The molecule has 2 aromatic rings. The molecule has 0 saturated heterocycles. The standard InChI is InChI=1S/C16H15ClN2OS/c1-8-3-4-13(9(2)5-8)21-14-7-12-10(6-11(14)17)15(18)16(20)19-12/h3-7,15H,18H2,1-2H3,(H,19,20). The quantitative estimate of drug-likeness (QED) is 0.878. The summed E-state index contributed by atoms with van der Waals surface area (Å²) < 4.78 is 0. The number of carbonyl (C=O) groups excluding carboxylic acids is 1. The summed E-state index contributed by atoms with van der Waals surface area (Å²) in [6.45, 7) is 4.15. The van der Waals surface area contributed by atoms with Gasteiger partial charge in [-0.1, -0.05) is 41.1 Å². The third kappa shape index (κ3) is 2.67. The first-order chi connectivity index (χ1) is 9.95. The van der Waals surface area contributed by atoms with Gasteiger partial charge in [-0.3, -0.25) is 4.79 Å². The largest absolute Gasteiger partial charge is 0.324 e. The number of anilines is 1. The van der Waals surface area contributed by atoms with Crippen molar-refractivity contribution in [3.63, 3.8) is 0 Å². The van der Waals surface area contributed by atoms with E-state index in [1.165, 1.54) is 11.1 Å². The molecule has 0 aromatic heterocycles. The minimum atomic E-state index is -0.627. The number of hydrogen-bond acceptors (Lipinski definition) is 3. The first kappa shape index (κ1) is 14.4. The second-order valence-electron chi connectivity index (χ2n) is 5.21. The van der Waals surface area contributed by atoms with Crippen molar-refractivity contribution in [1.82, 2.24) is 0 Å². The summed E-state index contributed by atoms with van der Waals surface area (Å²) in [5, 5.41) is 3.40. The second-order valence-corrected chi connectivity index (χ2v) is 6.70. The minimum absolute atomic E-state index is 0.185. The molecule has 0 aliphatic carbocycles. The number of aryl methyl sites for hydroxylation is 2. The molecule has 1 atom stereocenters. The van der Waals surface area contributed by atoms with E-state index in [4.69, 9.17) is 17.3 Å². The molecule has 0 spiro atoms. The van der Waals surface area contributed by atoms with Crippen LogP contribution in [0.3, 0.4) is 0 Å². The Balaban J connectivity index is 1.97. The Morgan fingerprint density at radius 1 is 1.19 bits per heavy atom. The van der Waals surface area contributed by atoms with Crippen molar-refractivity contribution in [3.05, 3.63) is 52.0 Å². The van der Waals surface area contributed by atoms with Gasteiger partial charge in [-0.15, -0.1) is 0 Å². The lowest BCUT2D eigenvalue weighted by atomic mass is 10.1. The van der Waals surface area contributed by atoms with Crippen LogP contribution >= 0.6 is 23.4 Å². The fraction of sp³-hybridized carbons (Fsp3) is 0.188. The van der Waals surface area contributed by atoms with Crippen molar-refractivity contribution >= 4 is 35.0 Å². The van der Waals surface area contributed by atoms with Gasteiger partial charge >= 0.3 is 0 Å². The van der Waals surface area contributed by atoms with Crippen LogP contribution in [-0.4, -0.2) is 5.91 Å². The Kier molecular flexibility index (Phi) is 3.69. The maximum absolute atomic E-state index is 11.6. The van der Waals surface area contributed by atoms with Gasteiger partial charge in [-0.05, 0) is 37.6 Å². The van der Waals surface area contributed by atoms with Gasteiger partial charge in [0.15, 0.2) is 0 Å². The molecule has 3 N–H and O–H groups in total. The van der Waals surface area contributed by atoms with Crippen LogP contribution in [0.15, 0.2) is 40.1 Å². The lowest BCUT2D eigenvalue weighted by Gasteiger charge is -2.10. The molecule has 1 unspecified atom stereocenters. The molecule has 108 valence electrons. The monoisotopic (exact) mass is 318 g/mol. The molecule has 5 heteroatoms. The van der Waals surface area contributed by atoms with E-state index in [9.17, 15) is 4.79 Å². The number of hydrogen-bond donors (Lipinski definition) is 2. The van der Waals surface area contributed by atoms with Crippen LogP contribution in [0.2, 0.25) is 5.02 Å². The predicted octanol–water partition coefficient (Wildman–Crippen LogP) is 4.06. The highest BCUT2D eigenvalue weighted by molar-refractivity contribution is 7.99. The average molecular weight is 319 g/mol. The molecular formula is C16H15ClN2OS. The van der Waals surface area contributed by atoms with Gasteiger partial charge in [0.2, 0.25) is 5.91 Å². The zero-order chi connectivity index (χ0) is 15.1. The van der Waals surface area contributed by atoms with Crippen LogP contribution in [0.4, 0.5) is 5.69 Å². The van der Waals surface area contributed by atoms with E-state index < -0.39 is 6.04 Å². The summed E-state index contributed by atoms with van der Waals surface area (Å²) >= 11 is 7.93. The van der Waals surface area contributed by atoms with E-state index >= 15 is 0 Å². The van der Waals surface area contributed by atoms with Gasteiger partial charge in [0.25, 0.3) is 0 Å². The number of nitrogens with one attached hydrogen (secondary N) is 1. The number of benzene rings is 2. The Morgan fingerprint density at radius 3 is 2.67 bits per heavy atom.